The summed E-state index contributed by atoms with van der Waals surface area (Å²) in [6.45, 7) is 0.344. The van der Waals surface area contributed by atoms with Crippen LogP contribution in [0.25, 0.3) is 10.9 Å². The summed E-state index contributed by atoms with van der Waals surface area (Å²) in [4.78, 5) is 12.8. The summed E-state index contributed by atoms with van der Waals surface area (Å²) in [6, 6.07) is 18.2. The Labute approximate surface area is 141 Å². The van der Waals surface area contributed by atoms with Gasteiger partial charge in [-0.15, -0.1) is 0 Å². The number of para-hydroxylation sites is 1. The van der Waals surface area contributed by atoms with Gasteiger partial charge in [-0.05, 0) is 36.5 Å². The highest BCUT2D eigenvalue weighted by Gasteiger charge is 2.32. The molecule has 3 heteroatoms. The number of carbonyl (C=O) groups excluding carboxylic acids is 1. The van der Waals surface area contributed by atoms with Crippen LogP contribution < -0.4 is 0 Å². The molecular weight excluding hydrogens is 298 g/mol. The van der Waals surface area contributed by atoms with Gasteiger partial charge in [-0.25, -0.2) is 0 Å². The van der Waals surface area contributed by atoms with Crippen LogP contribution in [0.4, 0.5) is 0 Å². The summed E-state index contributed by atoms with van der Waals surface area (Å²) >= 11 is 0. The number of esters is 1. The first-order valence-corrected chi connectivity index (χ1v) is 8.52. The van der Waals surface area contributed by atoms with Crippen molar-refractivity contribution in [2.75, 3.05) is 0 Å². The molecule has 0 saturated heterocycles. The number of aromatic nitrogens is 1. The maximum absolute atomic E-state index is 12.8. The van der Waals surface area contributed by atoms with E-state index in [2.05, 4.69) is 29.8 Å². The van der Waals surface area contributed by atoms with Crippen LogP contribution in [0.1, 0.15) is 35.6 Å². The molecule has 1 aliphatic rings. The highest BCUT2D eigenvalue weighted by atomic mass is 16.5. The molecule has 0 aliphatic heterocycles. The second kappa shape index (κ2) is 6.16. The number of ether oxygens (including phenoxy) is 1. The summed E-state index contributed by atoms with van der Waals surface area (Å²) < 4.78 is 7.87. The lowest BCUT2D eigenvalue weighted by Crippen LogP contribution is -2.21. The van der Waals surface area contributed by atoms with E-state index in [1.165, 1.54) is 22.2 Å². The van der Waals surface area contributed by atoms with Crippen LogP contribution in [0.5, 0.6) is 0 Å². The van der Waals surface area contributed by atoms with Crippen LogP contribution in [0, 0.1) is 0 Å². The number of rotatable bonds is 3. The van der Waals surface area contributed by atoms with Gasteiger partial charge >= 0.3 is 5.97 Å². The third kappa shape index (κ3) is 2.50. The summed E-state index contributed by atoms with van der Waals surface area (Å²) in [7, 11) is 2.10. The lowest BCUT2D eigenvalue weighted by atomic mass is 9.85. The molecule has 1 unspecified atom stereocenters. The smallest absolute Gasteiger partial charge is 0.313 e. The van der Waals surface area contributed by atoms with Crippen molar-refractivity contribution in [1.82, 2.24) is 4.57 Å². The van der Waals surface area contributed by atoms with E-state index in [4.69, 9.17) is 4.74 Å². The minimum Gasteiger partial charge on any atom is -0.460 e. The van der Waals surface area contributed by atoms with Crippen molar-refractivity contribution in [1.29, 1.82) is 0 Å². The van der Waals surface area contributed by atoms with Gasteiger partial charge in [-0.2, -0.15) is 0 Å². The number of nitrogens with zero attached hydrogens (tertiary/aromatic N) is 1. The van der Waals surface area contributed by atoms with Crippen molar-refractivity contribution in [3.05, 3.63) is 71.4 Å². The number of carbonyl (C=O) groups is 1. The van der Waals surface area contributed by atoms with E-state index in [0.29, 0.717) is 6.61 Å². The molecule has 4 rings (SSSR count). The van der Waals surface area contributed by atoms with Crippen molar-refractivity contribution in [2.45, 2.75) is 31.8 Å². The van der Waals surface area contributed by atoms with Gasteiger partial charge < -0.3 is 9.30 Å². The lowest BCUT2D eigenvalue weighted by molar-refractivity contribution is -0.147. The van der Waals surface area contributed by atoms with Crippen molar-refractivity contribution < 1.29 is 9.53 Å². The van der Waals surface area contributed by atoms with Crippen molar-refractivity contribution in [3.63, 3.8) is 0 Å². The number of hydrogen-bond donors (Lipinski definition) is 0. The molecule has 0 spiro atoms. The largest absolute Gasteiger partial charge is 0.460 e. The van der Waals surface area contributed by atoms with Crippen molar-refractivity contribution >= 4 is 16.9 Å². The maximum Gasteiger partial charge on any atom is 0.313 e. The van der Waals surface area contributed by atoms with Crippen LogP contribution in [-0.4, -0.2) is 10.5 Å². The fourth-order valence-corrected chi connectivity index (χ4v) is 3.85. The molecule has 0 fully saturated rings. The van der Waals surface area contributed by atoms with E-state index in [-0.39, 0.29) is 11.9 Å². The zero-order chi connectivity index (χ0) is 16.5. The first-order chi connectivity index (χ1) is 11.8. The average Bonchev–Trinajstić information content (AvgIpc) is 2.94. The van der Waals surface area contributed by atoms with Crippen molar-refractivity contribution in [3.8, 4) is 0 Å². The molecule has 3 nitrogen and oxygen atoms in total. The van der Waals surface area contributed by atoms with E-state index in [9.17, 15) is 4.79 Å². The van der Waals surface area contributed by atoms with E-state index in [1.54, 1.807) is 0 Å². The van der Waals surface area contributed by atoms with E-state index in [1.807, 2.05) is 36.4 Å². The maximum atomic E-state index is 12.8. The number of fused-ring (bicyclic) bond motifs is 3. The summed E-state index contributed by atoms with van der Waals surface area (Å²) in [5.74, 6) is -0.250. The summed E-state index contributed by atoms with van der Waals surface area (Å²) in [5.41, 5.74) is 4.69. The Bertz CT molecular complexity index is 879. The minimum atomic E-state index is -0.149. The standard InChI is InChI=1S/C21H21NO2/c1-22-18-12-6-5-10-16(18)20-17(11-7-13-19(20)22)21(23)24-14-15-8-3-2-4-9-15/h2-6,8-10,12,17H,7,11,13-14H2,1H3. The van der Waals surface area contributed by atoms with Crippen LogP contribution in [0.15, 0.2) is 54.6 Å². The lowest BCUT2D eigenvalue weighted by Gasteiger charge is -2.22. The predicted octanol–water partition coefficient (Wildman–Crippen LogP) is 4.34. The summed E-state index contributed by atoms with van der Waals surface area (Å²) in [5, 5.41) is 1.19. The molecule has 2 aromatic carbocycles. The molecule has 0 radical (unpaired) electrons. The molecule has 24 heavy (non-hydrogen) atoms. The Balaban J connectivity index is 1.64. The van der Waals surface area contributed by atoms with Crippen LogP contribution in [-0.2, 0) is 29.6 Å². The Morgan fingerprint density at radius 3 is 2.71 bits per heavy atom. The van der Waals surface area contributed by atoms with Gasteiger partial charge in [0.15, 0.2) is 0 Å². The van der Waals surface area contributed by atoms with Crippen LogP contribution in [0.3, 0.4) is 0 Å². The Kier molecular flexibility index (Phi) is 3.85. The zero-order valence-corrected chi connectivity index (χ0v) is 13.9. The molecule has 1 aliphatic carbocycles. The number of hydrogen-bond acceptors (Lipinski definition) is 2. The molecular formula is C21H21NO2. The molecule has 1 heterocycles. The molecule has 122 valence electrons. The van der Waals surface area contributed by atoms with Gasteiger partial charge in [0.1, 0.15) is 6.61 Å². The van der Waals surface area contributed by atoms with Gasteiger partial charge in [0.2, 0.25) is 0 Å². The third-order valence-corrected chi connectivity index (χ3v) is 5.03. The highest BCUT2D eigenvalue weighted by Crippen LogP contribution is 2.39. The second-order valence-electron chi connectivity index (χ2n) is 6.47. The Morgan fingerprint density at radius 1 is 1.12 bits per heavy atom. The average molecular weight is 319 g/mol. The Morgan fingerprint density at radius 2 is 1.88 bits per heavy atom. The molecule has 0 amide bonds. The SMILES string of the molecule is Cn1c2c(c3ccccc31)C(C(=O)OCc1ccccc1)CCC2. The van der Waals surface area contributed by atoms with Gasteiger partial charge in [0.25, 0.3) is 0 Å². The van der Waals surface area contributed by atoms with Crippen molar-refractivity contribution in [2.24, 2.45) is 7.05 Å². The molecule has 1 atom stereocenters. The molecule has 0 N–H and O–H groups in total. The van der Waals surface area contributed by atoms with Crippen LogP contribution in [0.2, 0.25) is 0 Å². The third-order valence-electron chi connectivity index (χ3n) is 5.03. The van der Waals surface area contributed by atoms with Crippen LogP contribution >= 0.6 is 0 Å². The minimum absolute atomic E-state index is 0.101. The molecule has 0 bridgehead atoms. The van der Waals surface area contributed by atoms with E-state index in [0.717, 1.165) is 24.8 Å². The normalized spacial score (nSPS) is 16.8. The van der Waals surface area contributed by atoms with Gasteiger partial charge in [0, 0.05) is 23.6 Å². The fourth-order valence-electron chi connectivity index (χ4n) is 3.85. The summed E-state index contributed by atoms with van der Waals surface area (Å²) in [6.07, 6.45) is 2.93. The van der Waals surface area contributed by atoms with Gasteiger partial charge in [-0.1, -0.05) is 48.5 Å². The van der Waals surface area contributed by atoms with E-state index >= 15 is 0 Å². The first-order valence-electron chi connectivity index (χ1n) is 8.52. The van der Waals surface area contributed by atoms with Gasteiger partial charge in [-0.3, -0.25) is 4.79 Å². The second-order valence-corrected chi connectivity index (χ2v) is 6.47. The Hall–Kier alpha value is -2.55. The molecule has 3 aromatic rings. The molecule has 0 saturated carbocycles. The fraction of sp³-hybridized carbons (Fsp3) is 0.286. The quantitative estimate of drug-likeness (QED) is 0.672. The predicted molar refractivity (Wildman–Crippen MR) is 94.8 cm³/mol. The van der Waals surface area contributed by atoms with Gasteiger partial charge in [0.05, 0.1) is 5.92 Å². The number of benzene rings is 2. The topological polar surface area (TPSA) is 31.2 Å². The number of aryl methyl sites for hydroxylation is 1. The molecule has 1 aromatic heterocycles. The monoisotopic (exact) mass is 319 g/mol. The first kappa shape index (κ1) is 15.0. The van der Waals surface area contributed by atoms with E-state index < -0.39 is 0 Å². The zero-order valence-electron chi connectivity index (χ0n) is 13.9. The highest BCUT2D eigenvalue weighted by molar-refractivity contribution is 5.92.